The van der Waals surface area contributed by atoms with E-state index in [0.29, 0.717) is 24.8 Å². The second-order valence-electron chi connectivity index (χ2n) is 5.26. The molecule has 0 aliphatic heterocycles. The molecule has 1 aromatic rings. The van der Waals surface area contributed by atoms with Crippen LogP contribution in [0.25, 0.3) is 0 Å². The fraction of sp³-hybridized carbons (Fsp3) is 0.533. The number of nitrogens with two attached hydrogens (primary N) is 1. The average Bonchev–Trinajstić information content (AvgIpc) is 2.36. The van der Waals surface area contributed by atoms with Gasteiger partial charge in [-0.1, -0.05) is 51.1 Å². The minimum atomic E-state index is -0.466. The fourth-order valence-corrected chi connectivity index (χ4v) is 1.59. The van der Waals surface area contributed by atoms with Crippen molar-refractivity contribution in [3.8, 4) is 0 Å². The number of hydrogen-bond acceptors (Lipinski definition) is 2. The average molecular weight is 248 g/mol. The third-order valence-corrected chi connectivity index (χ3v) is 3.37. The lowest BCUT2D eigenvalue weighted by atomic mass is 9.98. The zero-order valence-electron chi connectivity index (χ0n) is 11.5. The largest absolute Gasteiger partial charge is 0.354 e. The van der Waals surface area contributed by atoms with Gasteiger partial charge in [0.2, 0.25) is 5.91 Å². The van der Waals surface area contributed by atoms with Crippen LogP contribution in [-0.2, 0) is 11.2 Å². The maximum absolute atomic E-state index is 11.8. The highest BCUT2D eigenvalue weighted by Crippen LogP contribution is 2.08. The van der Waals surface area contributed by atoms with Crippen LogP contribution in [0.3, 0.4) is 0 Å². The first-order valence-electron chi connectivity index (χ1n) is 6.58. The van der Waals surface area contributed by atoms with E-state index in [9.17, 15) is 4.79 Å². The van der Waals surface area contributed by atoms with Gasteiger partial charge in [0.25, 0.3) is 0 Å². The quantitative estimate of drug-likeness (QED) is 0.808. The molecule has 0 aliphatic rings. The molecule has 1 amide bonds. The van der Waals surface area contributed by atoms with Gasteiger partial charge in [-0.05, 0) is 23.8 Å². The van der Waals surface area contributed by atoms with Crippen LogP contribution in [0.15, 0.2) is 30.3 Å². The van der Waals surface area contributed by atoms with Crippen LogP contribution in [0.2, 0.25) is 0 Å². The van der Waals surface area contributed by atoms with Crippen LogP contribution in [0, 0.1) is 11.8 Å². The van der Waals surface area contributed by atoms with E-state index in [-0.39, 0.29) is 5.91 Å². The van der Waals surface area contributed by atoms with Crippen molar-refractivity contribution >= 4 is 5.91 Å². The number of carbonyl (C=O) groups excluding carboxylic acids is 1. The maximum atomic E-state index is 11.8. The summed E-state index contributed by atoms with van der Waals surface area (Å²) < 4.78 is 0. The Bertz CT molecular complexity index is 362. The van der Waals surface area contributed by atoms with Gasteiger partial charge in [-0.3, -0.25) is 4.79 Å². The highest BCUT2D eigenvalue weighted by atomic mass is 16.2. The Morgan fingerprint density at radius 3 is 2.39 bits per heavy atom. The van der Waals surface area contributed by atoms with Crippen molar-refractivity contribution < 1.29 is 4.79 Å². The van der Waals surface area contributed by atoms with Crippen LogP contribution in [0.4, 0.5) is 0 Å². The maximum Gasteiger partial charge on any atom is 0.237 e. The third-order valence-electron chi connectivity index (χ3n) is 3.37. The summed E-state index contributed by atoms with van der Waals surface area (Å²) in [7, 11) is 0. The van der Waals surface area contributed by atoms with Crippen molar-refractivity contribution in [2.75, 3.05) is 6.54 Å². The Kier molecular flexibility index (Phi) is 5.86. The number of amides is 1. The Labute approximate surface area is 110 Å². The zero-order chi connectivity index (χ0) is 13.5. The molecule has 100 valence electrons. The molecule has 3 N–H and O–H groups in total. The molecule has 1 aromatic carbocycles. The van der Waals surface area contributed by atoms with Crippen molar-refractivity contribution in [2.24, 2.45) is 17.6 Å². The predicted octanol–water partition coefficient (Wildman–Crippen LogP) is 1.96. The molecule has 2 atom stereocenters. The molecule has 3 heteroatoms. The van der Waals surface area contributed by atoms with Gasteiger partial charge in [-0.25, -0.2) is 0 Å². The molecule has 0 bridgehead atoms. The van der Waals surface area contributed by atoms with E-state index in [0.717, 1.165) is 5.56 Å². The van der Waals surface area contributed by atoms with Crippen molar-refractivity contribution in [3.05, 3.63) is 35.9 Å². The van der Waals surface area contributed by atoms with Crippen molar-refractivity contribution in [2.45, 2.75) is 33.2 Å². The first-order valence-corrected chi connectivity index (χ1v) is 6.58. The van der Waals surface area contributed by atoms with E-state index in [1.54, 1.807) is 0 Å². The highest BCUT2D eigenvalue weighted by Gasteiger charge is 2.15. The van der Waals surface area contributed by atoms with E-state index in [4.69, 9.17) is 5.73 Å². The molecule has 3 nitrogen and oxygen atoms in total. The van der Waals surface area contributed by atoms with Crippen LogP contribution in [0.5, 0.6) is 0 Å². The Hall–Kier alpha value is -1.35. The van der Waals surface area contributed by atoms with Crippen LogP contribution >= 0.6 is 0 Å². The summed E-state index contributed by atoms with van der Waals surface area (Å²) in [6.45, 7) is 7.13. The molecule has 0 fully saturated rings. The summed E-state index contributed by atoms with van der Waals surface area (Å²) in [4.78, 5) is 11.8. The molecule has 0 aromatic heterocycles. The molecular formula is C15H24N2O. The van der Waals surface area contributed by atoms with Gasteiger partial charge in [-0.15, -0.1) is 0 Å². The molecule has 2 unspecified atom stereocenters. The minimum Gasteiger partial charge on any atom is -0.354 e. The lowest BCUT2D eigenvalue weighted by Crippen LogP contribution is -2.43. The van der Waals surface area contributed by atoms with E-state index in [2.05, 4.69) is 26.1 Å². The van der Waals surface area contributed by atoms with E-state index in [1.165, 1.54) is 0 Å². The SMILES string of the molecule is CC(C)C(C)CNC(=O)C(N)Cc1ccccc1. The van der Waals surface area contributed by atoms with Crippen molar-refractivity contribution in [1.82, 2.24) is 5.32 Å². The third kappa shape index (κ3) is 4.88. The molecule has 0 radical (unpaired) electrons. The molecule has 1 rings (SSSR count). The lowest BCUT2D eigenvalue weighted by molar-refractivity contribution is -0.122. The van der Waals surface area contributed by atoms with E-state index < -0.39 is 6.04 Å². The summed E-state index contributed by atoms with van der Waals surface area (Å²) in [5.41, 5.74) is 6.99. The van der Waals surface area contributed by atoms with Crippen molar-refractivity contribution in [3.63, 3.8) is 0 Å². The smallest absolute Gasteiger partial charge is 0.237 e. The normalized spacial score (nSPS) is 14.3. The van der Waals surface area contributed by atoms with Gasteiger partial charge < -0.3 is 11.1 Å². The van der Waals surface area contributed by atoms with Crippen LogP contribution in [0.1, 0.15) is 26.3 Å². The second-order valence-corrected chi connectivity index (χ2v) is 5.26. The number of nitrogens with one attached hydrogen (secondary N) is 1. The highest BCUT2D eigenvalue weighted by molar-refractivity contribution is 5.81. The van der Waals surface area contributed by atoms with Gasteiger partial charge in [0.15, 0.2) is 0 Å². The number of benzene rings is 1. The first-order chi connectivity index (χ1) is 8.50. The molecule has 0 saturated carbocycles. The Balaban J connectivity index is 2.38. The van der Waals surface area contributed by atoms with Crippen LogP contribution < -0.4 is 11.1 Å². The molecular weight excluding hydrogens is 224 g/mol. The summed E-state index contributed by atoms with van der Waals surface area (Å²) >= 11 is 0. The van der Waals surface area contributed by atoms with Gasteiger partial charge in [-0.2, -0.15) is 0 Å². The van der Waals surface area contributed by atoms with Gasteiger partial charge >= 0.3 is 0 Å². The van der Waals surface area contributed by atoms with Gasteiger partial charge in [0, 0.05) is 6.54 Å². The molecule has 0 aliphatic carbocycles. The summed E-state index contributed by atoms with van der Waals surface area (Å²) in [6, 6.07) is 9.39. The molecule has 0 spiro atoms. The molecule has 0 saturated heterocycles. The monoisotopic (exact) mass is 248 g/mol. The standard InChI is InChI=1S/C15H24N2O/c1-11(2)12(3)10-17-15(18)14(16)9-13-7-5-4-6-8-13/h4-8,11-12,14H,9-10,16H2,1-3H3,(H,17,18). The molecule has 18 heavy (non-hydrogen) atoms. The topological polar surface area (TPSA) is 55.1 Å². The molecule has 0 heterocycles. The Morgan fingerprint density at radius 2 is 1.83 bits per heavy atom. The zero-order valence-corrected chi connectivity index (χ0v) is 11.5. The van der Waals surface area contributed by atoms with Crippen LogP contribution in [-0.4, -0.2) is 18.5 Å². The first kappa shape index (κ1) is 14.7. The van der Waals surface area contributed by atoms with Gasteiger partial charge in [0.05, 0.1) is 6.04 Å². The minimum absolute atomic E-state index is 0.0636. The number of hydrogen-bond donors (Lipinski definition) is 2. The number of carbonyl (C=O) groups is 1. The van der Waals surface area contributed by atoms with E-state index >= 15 is 0 Å². The summed E-state index contributed by atoms with van der Waals surface area (Å²) in [5.74, 6) is 0.972. The summed E-state index contributed by atoms with van der Waals surface area (Å²) in [6.07, 6.45) is 0.586. The Morgan fingerprint density at radius 1 is 1.22 bits per heavy atom. The lowest BCUT2D eigenvalue weighted by Gasteiger charge is -2.18. The van der Waals surface area contributed by atoms with Crippen molar-refractivity contribution in [1.29, 1.82) is 0 Å². The summed E-state index contributed by atoms with van der Waals surface area (Å²) in [5, 5.41) is 2.92. The fourth-order valence-electron chi connectivity index (χ4n) is 1.59. The number of rotatable bonds is 6. The second kappa shape index (κ2) is 7.17. The van der Waals surface area contributed by atoms with E-state index in [1.807, 2.05) is 30.3 Å². The predicted molar refractivity (Wildman–Crippen MR) is 75.1 cm³/mol. The van der Waals surface area contributed by atoms with Gasteiger partial charge in [0.1, 0.15) is 0 Å².